The lowest BCUT2D eigenvalue weighted by molar-refractivity contribution is -0.0178. The Morgan fingerprint density at radius 1 is 1.42 bits per heavy atom. The maximum atomic E-state index is 13.7. The predicted molar refractivity (Wildman–Crippen MR) is 70.4 cm³/mol. The molecule has 0 amide bonds. The molecule has 2 heterocycles. The molecule has 1 unspecified atom stereocenters. The highest BCUT2D eigenvalue weighted by molar-refractivity contribution is 5.42. The Morgan fingerprint density at radius 2 is 2.32 bits per heavy atom. The molecule has 3 nitrogen and oxygen atoms in total. The summed E-state index contributed by atoms with van der Waals surface area (Å²) in [6.45, 7) is 5.93. The lowest BCUT2D eigenvalue weighted by Gasteiger charge is -2.32. The van der Waals surface area contributed by atoms with E-state index in [9.17, 15) is 4.39 Å². The minimum Gasteiger partial charge on any atom is -0.467 e. The molecule has 0 aliphatic carbocycles. The zero-order valence-corrected chi connectivity index (χ0v) is 11.3. The van der Waals surface area contributed by atoms with Crippen LogP contribution < -0.4 is 4.74 Å². The molecule has 4 heteroatoms. The highest BCUT2D eigenvalue weighted by Gasteiger charge is 2.21. The number of halogens is 1. The second-order valence-electron chi connectivity index (χ2n) is 5.65. The number of likely N-dealkylation sites (tertiary alicyclic amines) is 1. The quantitative estimate of drug-likeness (QED) is 0.820. The van der Waals surface area contributed by atoms with Crippen molar-refractivity contribution in [1.82, 2.24) is 4.90 Å². The van der Waals surface area contributed by atoms with Gasteiger partial charge in [0.1, 0.15) is 11.6 Å². The fourth-order valence-corrected chi connectivity index (χ4v) is 3.05. The first-order chi connectivity index (χ1) is 9.22. The second kappa shape index (κ2) is 5.47. The molecule has 2 aliphatic rings. The average molecular weight is 265 g/mol. The number of benzene rings is 1. The number of ether oxygens (including phenoxy) is 2. The maximum absolute atomic E-state index is 13.7. The molecule has 1 aromatic carbocycles. The van der Waals surface area contributed by atoms with Crippen LogP contribution in [-0.2, 0) is 17.9 Å². The third kappa shape index (κ3) is 2.90. The van der Waals surface area contributed by atoms with E-state index in [1.165, 1.54) is 18.9 Å². The van der Waals surface area contributed by atoms with Crippen LogP contribution in [0.4, 0.5) is 4.39 Å². The van der Waals surface area contributed by atoms with Gasteiger partial charge in [-0.1, -0.05) is 6.92 Å². The average Bonchev–Trinajstić information content (AvgIpc) is 2.38. The van der Waals surface area contributed by atoms with E-state index in [0.717, 1.165) is 42.4 Å². The number of fused-ring (bicyclic) bond motifs is 1. The van der Waals surface area contributed by atoms with E-state index in [4.69, 9.17) is 9.47 Å². The molecule has 1 aromatic rings. The maximum Gasteiger partial charge on any atom is 0.189 e. The Hall–Kier alpha value is -1.13. The summed E-state index contributed by atoms with van der Waals surface area (Å²) in [5, 5.41) is 0. The SMILES string of the molecule is CC1CCCN(Cc2cc(F)cc3c2OCOC3)C1. The molecule has 104 valence electrons. The largest absolute Gasteiger partial charge is 0.467 e. The molecular weight excluding hydrogens is 245 g/mol. The topological polar surface area (TPSA) is 21.7 Å². The molecular formula is C15H20FNO2. The lowest BCUT2D eigenvalue weighted by atomic mass is 9.99. The van der Waals surface area contributed by atoms with Gasteiger partial charge < -0.3 is 9.47 Å². The van der Waals surface area contributed by atoms with Crippen LogP contribution in [-0.4, -0.2) is 24.8 Å². The van der Waals surface area contributed by atoms with Crippen molar-refractivity contribution < 1.29 is 13.9 Å². The van der Waals surface area contributed by atoms with Crippen LogP contribution >= 0.6 is 0 Å². The minimum absolute atomic E-state index is 0.201. The first kappa shape index (κ1) is 12.9. The van der Waals surface area contributed by atoms with Gasteiger partial charge >= 0.3 is 0 Å². The number of piperidine rings is 1. The Morgan fingerprint density at radius 3 is 3.16 bits per heavy atom. The molecule has 0 spiro atoms. The fourth-order valence-electron chi connectivity index (χ4n) is 3.05. The Bertz CT molecular complexity index is 464. The summed E-state index contributed by atoms with van der Waals surface area (Å²) in [5.41, 5.74) is 1.78. The zero-order valence-electron chi connectivity index (χ0n) is 11.3. The van der Waals surface area contributed by atoms with Gasteiger partial charge in [0, 0.05) is 24.2 Å². The van der Waals surface area contributed by atoms with Crippen LogP contribution in [0.2, 0.25) is 0 Å². The number of hydrogen-bond donors (Lipinski definition) is 0. The molecule has 0 N–H and O–H groups in total. The van der Waals surface area contributed by atoms with Crippen molar-refractivity contribution in [3.8, 4) is 5.75 Å². The normalized spacial score (nSPS) is 23.8. The van der Waals surface area contributed by atoms with Crippen LogP contribution in [0.3, 0.4) is 0 Å². The van der Waals surface area contributed by atoms with Crippen molar-refractivity contribution in [1.29, 1.82) is 0 Å². The standard InChI is InChI=1S/C15H20FNO2/c1-11-3-2-4-17(7-11)8-12-5-14(16)6-13-9-18-10-19-15(12)13/h5-6,11H,2-4,7-10H2,1H3. The first-order valence-corrected chi connectivity index (χ1v) is 6.96. The van der Waals surface area contributed by atoms with Crippen molar-refractivity contribution >= 4 is 0 Å². The molecule has 0 bridgehead atoms. The first-order valence-electron chi connectivity index (χ1n) is 6.96. The molecule has 0 aromatic heterocycles. The Labute approximate surface area is 113 Å². The van der Waals surface area contributed by atoms with E-state index in [0.29, 0.717) is 6.61 Å². The molecule has 1 atom stereocenters. The third-order valence-electron chi connectivity index (χ3n) is 3.89. The molecule has 19 heavy (non-hydrogen) atoms. The Balaban J connectivity index is 1.81. The zero-order chi connectivity index (χ0) is 13.2. The van der Waals surface area contributed by atoms with Crippen LogP contribution in [0, 0.1) is 11.7 Å². The Kier molecular flexibility index (Phi) is 3.71. The van der Waals surface area contributed by atoms with E-state index in [2.05, 4.69) is 11.8 Å². The third-order valence-corrected chi connectivity index (χ3v) is 3.89. The molecule has 2 aliphatic heterocycles. The predicted octanol–water partition coefficient (Wildman–Crippen LogP) is 2.92. The van der Waals surface area contributed by atoms with E-state index >= 15 is 0 Å². The fraction of sp³-hybridized carbons (Fsp3) is 0.600. The minimum atomic E-state index is -0.201. The van der Waals surface area contributed by atoms with Crippen molar-refractivity contribution in [2.75, 3.05) is 19.9 Å². The lowest BCUT2D eigenvalue weighted by Crippen LogP contribution is -2.34. The van der Waals surface area contributed by atoms with Gasteiger partial charge in [-0.25, -0.2) is 4.39 Å². The van der Waals surface area contributed by atoms with Gasteiger partial charge in [0.2, 0.25) is 0 Å². The molecule has 3 rings (SSSR count). The summed E-state index contributed by atoms with van der Waals surface area (Å²) in [4.78, 5) is 2.39. The van der Waals surface area contributed by atoms with Gasteiger partial charge in [-0.3, -0.25) is 4.90 Å². The van der Waals surface area contributed by atoms with Crippen molar-refractivity contribution in [3.05, 3.63) is 29.1 Å². The number of nitrogens with zero attached hydrogens (tertiary/aromatic N) is 1. The summed E-state index contributed by atoms with van der Waals surface area (Å²) < 4.78 is 24.4. The van der Waals surface area contributed by atoms with E-state index in [-0.39, 0.29) is 12.6 Å². The van der Waals surface area contributed by atoms with Gasteiger partial charge in [-0.2, -0.15) is 0 Å². The monoisotopic (exact) mass is 265 g/mol. The summed E-state index contributed by atoms with van der Waals surface area (Å²) in [7, 11) is 0. The number of hydrogen-bond acceptors (Lipinski definition) is 3. The van der Waals surface area contributed by atoms with Crippen molar-refractivity contribution in [3.63, 3.8) is 0 Å². The van der Waals surface area contributed by atoms with Gasteiger partial charge in [0.05, 0.1) is 6.61 Å². The van der Waals surface area contributed by atoms with Crippen LogP contribution in [0.5, 0.6) is 5.75 Å². The summed E-state index contributed by atoms with van der Waals surface area (Å²) in [6.07, 6.45) is 2.52. The highest BCUT2D eigenvalue weighted by atomic mass is 19.1. The molecule has 0 radical (unpaired) electrons. The van der Waals surface area contributed by atoms with Crippen LogP contribution in [0.15, 0.2) is 12.1 Å². The van der Waals surface area contributed by atoms with Crippen molar-refractivity contribution in [2.45, 2.75) is 32.9 Å². The van der Waals surface area contributed by atoms with Crippen LogP contribution in [0.1, 0.15) is 30.9 Å². The van der Waals surface area contributed by atoms with Crippen molar-refractivity contribution in [2.24, 2.45) is 5.92 Å². The second-order valence-corrected chi connectivity index (χ2v) is 5.65. The van der Waals surface area contributed by atoms with E-state index < -0.39 is 0 Å². The molecule has 1 saturated heterocycles. The van der Waals surface area contributed by atoms with Gasteiger partial charge in [0.15, 0.2) is 6.79 Å². The summed E-state index contributed by atoms with van der Waals surface area (Å²) in [5.74, 6) is 1.35. The molecule has 0 saturated carbocycles. The highest BCUT2D eigenvalue weighted by Crippen LogP contribution is 2.31. The van der Waals surface area contributed by atoms with Gasteiger partial charge in [-0.05, 0) is 37.4 Å². The van der Waals surface area contributed by atoms with E-state index in [1.54, 1.807) is 6.07 Å². The summed E-state index contributed by atoms with van der Waals surface area (Å²) >= 11 is 0. The van der Waals surface area contributed by atoms with Gasteiger partial charge in [-0.15, -0.1) is 0 Å². The van der Waals surface area contributed by atoms with Crippen LogP contribution in [0.25, 0.3) is 0 Å². The smallest absolute Gasteiger partial charge is 0.189 e. The van der Waals surface area contributed by atoms with E-state index in [1.807, 2.05) is 0 Å². The summed E-state index contributed by atoms with van der Waals surface area (Å²) in [6, 6.07) is 3.11. The number of rotatable bonds is 2. The molecule has 1 fully saturated rings. The van der Waals surface area contributed by atoms with Gasteiger partial charge in [0.25, 0.3) is 0 Å².